The zero-order valence-corrected chi connectivity index (χ0v) is 25.5. The Morgan fingerprint density at radius 1 is 0.625 bits per heavy atom. The molecule has 3 aliphatic rings. The number of methoxy groups -OCH3 is 2. The van der Waals surface area contributed by atoms with E-state index in [1.54, 1.807) is 26.0 Å². The van der Waals surface area contributed by atoms with Gasteiger partial charge in [-0.25, -0.2) is 33.7 Å². The minimum absolute atomic E-state index is 0.0000404. The summed E-state index contributed by atoms with van der Waals surface area (Å²) in [4.78, 5) is -0.504. The lowest BCUT2D eigenvalue weighted by Gasteiger charge is -2.49. The minimum Gasteiger partial charge on any atom is -0.495 e. The summed E-state index contributed by atoms with van der Waals surface area (Å²) < 4.78 is 122. The van der Waals surface area contributed by atoms with E-state index in [-0.39, 0.29) is 21.3 Å². The maximum Gasteiger partial charge on any atom is 0.247 e. The van der Waals surface area contributed by atoms with Crippen molar-refractivity contribution in [3.8, 4) is 11.5 Å². The van der Waals surface area contributed by atoms with Crippen LogP contribution in [0.15, 0.2) is 46.2 Å². The fourth-order valence-corrected chi connectivity index (χ4v) is 14.5. The van der Waals surface area contributed by atoms with Gasteiger partial charge in [0.2, 0.25) is 20.0 Å². The fraction of sp³-hybridized carbons (Fsp3) is 0.500. The third kappa shape index (κ3) is 4.71. The van der Waals surface area contributed by atoms with Crippen molar-refractivity contribution in [3.05, 3.63) is 47.5 Å². The molecular weight excluding hydrogens is 605 g/mol. The van der Waals surface area contributed by atoms with E-state index in [9.17, 15) is 33.7 Å². The molecule has 0 spiro atoms. The third-order valence-corrected chi connectivity index (χ3v) is 15.0. The maximum absolute atomic E-state index is 14.3. The Balaban J connectivity index is 1.75. The van der Waals surface area contributed by atoms with E-state index < -0.39 is 86.9 Å². The first-order valence-corrected chi connectivity index (χ1v) is 18.8. The van der Waals surface area contributed by atoms with Crippen molar-refractivity contribution < 1.29 is 43.1 Å². The topological polar surface area (TPSA) is 162 Å². The van der Waals surface area contributed by atoms with Crippen molar-refractivity contribution in [3.63, 3.8) is 0 Å². The van der Waals surface area contributed by atoms with Gasteiger partial charge in [0.25, 0.3) is 0 Å². The third-order valence-electron chi connectivity index (χ3n) is 7.64. The zero-order valence-electron chi connectivity index (χ0n) is 22.2. The summed E-state index contributed by atoms with van der Waals surface area (Å²) in [6, 6.07) is 3.49. The molecule has 0 amide bonds. The van der Waals surface area contributed by atoms with Gasteiger partial charge in [-0.15, -0.1) is 0 Å². The molecule has 2 aromatic carbocycles. The summed E-state index contributed by atoms with van der Waals surface area (Å²) in [7, 11) is -14.4. The van der Waals surface area contributed by atoms with Crippen LogP contribution in [-0.2, 0) is 39.7 Å². The van der Waals surface area contributed by atoms with E-state index in [1.807, 2.05) is 0 Å². The number of nitrogens with zero attached hydrogens (tertiary/aromatic N) is 2. The van der Waals surface area contributed by atoms with Gasteiger partial charge in [0, 0.05) is 0 Å². The molecule has 3 heterocycles. The molecule has 12 nitrogen and oxygen atoms in total. The number of sulfonamides is 2. The molecule has 0 aliphatic carbocycles. The van der Waals surface area contributed by atoms with E-state index in [4.69, 9.17) is 9.47 Å². The first kappa shape index (κ1) is 29.3. The van der Waals surface area contributed by atoms with Crippen molar-refractivity contribution in [1.82, 2.24) is 8.61 Å². The van der Waals surface area contributed by atoms with Crippen molar-refractivity contribution in [2.24, 2.45) is 0 Å². The van der Waals surface area contributed by atoms with Gasteiger partial charge in [0.1, 0.15) is 21.3 Å². The Bertz CT molecular complexity index is 1640. The molecule has 220 valence electrons. The highest BCUT2D eigenvalue weighted by Gasteiger charge is 2.64. The van der Waals surface area contributed by atoms with E-state index in [0.717, 1.165) is 8.61 Å². The molecule has 16 heteroatoms. The number of hydrogen-bond donors (Lipinski definition) is 0. The molecule has 3 fully saturated rings. The predicted octanol–water partition coefficient (Wildman–Crippen LogP) is 0.347. The molecule has 0 radical (unpaired) electrons. The Kier molecular flexibility index (Phi) is 7.07. The number of ether oxygens (including phenoxy) is 2. The second-order valence-corrected chi connectivity index (χ2v) is 18.3. The van der Waals surface area contributed by atoms with Crippen LogP contribution < -0.4 is 9.47 Å². The molecule has 0 saturated carbocycles. The number of sulfone groups is 2. The fourth-order valence-electron chi connectivity index (χ4n) is 6.00. The van der Waals surface area contributed by atoms with Crippen LogP contribution in [0.5, 0.6) is 11.5 Å². The maximum atomic E-state index is 14.3. The average Bonchev–Trinajstić information content (AvgIpc) is 3.34. The van der Waals surface area contributed by atoms with Crippen LogP contribution in [0.25, 0.3) is 0 Å². The Labute approximate surface area is 234 Å². The van der Waals surface area contributed by atoms with Gasteiger partial charge >= 0.3 is 0 Å². The quantitative estimate of drug-likeness (QED) is 0.434. The number of fused-ring (bicyclic) bond motifs is 2. The van der Waals surface area contributed by atoms with Gasteiger partial charge in [-0.1, -0.05) is 12.1 Å². The van der Waals surface area contributed by atoms with Crippen molar-refractivity contribution in [2.75, 3.05) is 37.2 Å². The highest BCUT2D eigenvalue weighted by molar-refractivity contribution is 7.93. The van der Waals surface area contributed by atoms with E-state index in [1.165, 1.54) is 38.5 Å². The van der Waals surface area contributed by atoms with Gasteiger partial charge in [-0.3, -0.25) is 0 Å². The molecule has 5 rings (SSSR count). The molecule has 0 N–H and O–H groups in total. The minimum atomic E-state index is -4.56. The number of rotatable bonds is 6. The van der Waals surface area contributed by atoms with E-state index in [0.29, 0.717) is 11.1 Å². The summed E-state index contributed by atoms with van der Waals surface area (Å²) in [5.41, 5.74) is 1.16. The second-order valence-electron chi connectivity index (χ2n) is 10.4. The van der Waals surface area contributed by atoms with Crippen LogP contribution in [0.4, 0.5) is 0 Å². The van der Waals surface area contributed by atoms with Crippen LogP contribution in [0.2, 0.25) is 0 Å². The molecule has 2 aromatic rings. The Morgan fingerprint density at radius 2 is 0.925 bits per heavy atom. The number of hydrogen-bond acceptors (Lipinski definition) is 10. The lowest BCUT2D eigenvalue weighted by Crippen LogP contribution is -2.69. The van der Waals surface area contributed by atoms with Crippen LogP contribution in [0.1, 0.15) is 11.1 Å². The average molecular weight is 635 g/mol. The van der Waals surface area contributed by atoms with Crippen LogP contribution in [0.3, 0.4) is 0 Å². The van der Waals surface area contributed by atoms with Gasteiger partial charge in [0.05, 0.1) is 61.4 Å². The summed E-state index contributed by atoms with van der Waals surface area (Å²) in [6.07, 6.45) is 0. The summed E-state index contributed by atoms with van der Waals surface area (Å²) >= 11 is 0. The molecule has 3 saturated heterocycles. The SMILES string of the molecule is COc1ccc(C)cc1S(=O)(=O)N1[C@@H]2CS(=O)(=O)C[C@H]2N(S(=O)(=O)c2cc(C)ccc2OC)[C@H]2CS(=O)(=O)C[C@H]21. The molecule has 3 aliphatic heterocycles. The van der Waals surface area contributed by atoms with Gasteiger partial charge in [0.15, 0.2) is 19.7 Å². The zero-order chi connectivity index (χ0) is 29.4. The molecule has 40 heavy (non-hydrogen) atoms. The number of aryl methyl sites for hydroxylation is 2. The van der Waals surface area contributed by atoms with Crippen LogP contribution >= 0.6 is 0 Å². The van der Waals surface area contributed by atoms with E-state index in [2.05, 4.69) is 0 Å². The highest BCUT2D eigenvalue weighted by Crippen LogP contribution is 2.45. The smallest absolute Gasteiger partial charge is 0.247 e. The largest absolute Gasteiger partial charge is 0.495 e. The first-order valence-electron chi connectivity index (χ1n) is 12.3. The lowest BCUT2D eigenvalue weighted by atomic mass is 10.0. The molecule has 4 atom stereocenters. The lowest BCUT2D eigenvalue weighted by molar-refractivity contribution is 0.0838. The summed E-state index contributed by atoms with van der Waals surface area (Å²) in [5.74, 6) is -2.65. The summed E-state index contributed by atoms with van der Waals surface area (Å²) in [5, 5.41) is 0. The van der Waals surface area contributed by atoms with Gasteiger partial charge in [-0.2, -0.15) is 8.61 Å². The standard InChI is InChI=1S/C24H30N2O10S4/c1-15-5-7-21(35-3)23(9-15)39(31,32)25-17-11-37(27,28)13-19(17)26(20-14-38(29,30)12-18(20)25)40(33,34)24-10-16(2)6-8-22(24)36-4/h5-10,17-20H,11-14H2,1-4H3/t17-,18-,19-,20+/m1/s1. The Morgan fingerprint density at radius 3 is 1.20 bits per heavy atom. The molecular formula is C24H30N2O10S4. The first-order chi connectivity index (χ1) is 18.5. The summed E-state index contributed by atoms with van der Waals surface area (Å²) in [6.45, 7) is 3.34. The monoisotopic (exact) mass is 634 g/mol. The normalized spacial score (nSPS) is 28.1. The molecule has 0 unspecified atom stereocenters. The highest BCUT2D eigenvalue weighted by atomic mass is 32.2. The molecule has 0 bridgehead atoms. The number of benzene rings is 2. The van der Waals surface area contributed by atoms with Crippen LogP contribution in [0, 0.1) is 13.8 Å². The second kappa shape index (κ2) is 9.66. The number of piperazine rings is 1. The predicted molar refractivity (Wildman–Crippen MR) is 146 cm³/mol. The van der Waals surface area contributed by atoms with Crippen molar-refractivity contribution in [2.45, 2.75) is 47.8 Å². The molecule has 0 aromatic heterocycles. The van der Waals surface area contributed by atoms with Crippen molar-refractivity contribution in [1.29, 1.82) is 0 Å². The van der Waals surface area contributed by atoms with Crippen molar-refractivity contribution >= 4 is 39.7 Å². The van der Waals surface area contributed by atoms with E-state index >= 15 is 0 Å². The Hall–Kier alpha value is -2.24. The van der Waals surface area contributed by atoms with Crippen LogP contribution in [-0.4, -0.2) is 104 Å². The van der Waals surface area contributed by atoms with Gasteiger partial charge < -0.3 is 9.47 Å². The van der Waals surface area contributed by atoms with Gasteiger partial charge in [-0.05, 0) is 49.2 Å².